The topological polar surface area (TPSA) is 33.2 Å². The lowest BCUT2D eigenvalue weighted by Crippen LogP contribution is -2.28. The minimum Gasteiger partial charge on any atom is -0.268 e. The Morgan fingerprint density at radius 2 is 1.95 bits per heavy atom. The number of pyridine rings is 1. The van der Waals surface area contributed by atoms with E-state index in [-0.39, 0.29) is 11.6 Å². The molecule has 2 heterocycles. The molecule has 0 aliphatic carbocycles. The highest BCUT2D eigenvalue weighted by molar-refractivity contribution is 8.27. The van der Waals surface area contributed by atoms with Gasteiger partial charge < -0.3 is 0 Å². The monoisotopic (exact) mass is 316 g/mol. The van der Waals surface area contributed by atoms with Crippen molar-refractivity contribution in [3.05, 3.63) is 65.1 Å². The van der Waals surface area contributed by atoms with Crippen LogP contribution in [0.1, 0.15) is 5.69 Å². The van der Waals surface area contributed by atoms with Crippen molar-refractivity contribution in [3.63, 3.8) is 0 Å². The minimum absolute atomic E-state index is 0.171. The van der Waals surface area contributed by atoms with Crippen molar-refractivity contribution in [1.82, 2.24) is 4.98 Å². The van der Waals surface area contributed by atoms with Crippen LogP contribution in [-0.2, 0) is 4.79 Å². The molecule has 104 valence electrons. The predicted molar refractivity (Wildman–Crippen MR) is 86.3 cm³/mol. The van der Waals surface area contributed by atoms with E-state index in [1.807, 2.05) is 6.07 Å². The third-order valence-corrected chi connectivity index (χ3v) is 4.16. The van der Waals surface area contributed by atoms with Crippen LogP contribution in [0.5, 0.6) is 0 Å². The highest BCUT2D eigenvalue weighted by Gasteiger charge is 2.34. The van der Waals surface area contributed by atoms with Crippen LogP contribution in [0.25, 0.3) is 6.08 Å². The van der Waals surface area contributed by atoms with Crippen molar-refractivity contribution >= 4 is 46.0 Å². The number of nitrogens with zero attached hydrogens (tertiary/aromatic N) is 2. The lowest BCUT2D eigenvalue weighted by Gasteiger charge is -2.14. The SMILES string of the molecule is O=C1/C(=C\c2ccccn2)SC(=S)N1c1ccccc1F. The maximum Gasteiger partial charge on any atom is 0.270 e. The predicted octanol–water partition coefficient (Wildman–Crippen LogP) is 3.63. The summed E-state index contributed by atoms with van der Waals surface area (Å²) in [5.41, 5.74) is 0.830. The van der Waals surface area contributed by atoms with Crippen LogP contribution in [-0.4, -0.2) is 15.2 Å². The zero-order valence-electron chi connectivity index (χ0n) is 10.7. The van der Waals surface area contributed by atoms with Crippen LogP contribution < -0.4 is 4.90 Å². The second-order valence-corrected chi connectivity index (χ2v) is 5.90. The molecule has 0 bridgehead atoms. The zero-order valence-corrected chi connectivity index (χ0v) is 12.3. The number of benzene rings is 1. The molecule has 21 heavy (non-hydrogen) atoms. The molecule has 3 rings (SSSR count). The van der Waals surface area contributed by atoms with Crippen molar-refractivity contribution in [2.75, 3.05) is 4.90 Å². The molecule has 1 aliphatic rings. The van der Waals surface area contributed by atoms with E-state index in [9.17, 15) is 9.18 Å². The largest absolute Gasteiger partial charge is 0.270 e. The van der Waals surface area contributed by atoms with Gasteiger partial charge in [-0.2, -0.15) is 0 Å². The van der Waals surface area contributed by atoms with E-state index in [1.165, 1.54) is 17.0 Å². The fourth-order valence-corrected chi connectivity index (χ4v) is 3.17. The first-order chi connectivity index (χ1) is 10.2. The lowest BCUT2D eigenvalue weighted by molar-refractivity contribution is -0.113. The molecule has 6 heteroatoms. The van der Waals surface area contributed by atoms with Gasteiger partial charge in [-0.25, -0.2) is 4.39 Å². The van der Waals surface area contributed by atoms with Crippen molar-refractivity contribution in [2.24, 2.45) is 0 Å². The Hall–Kier alpha value is -2.05. The van der Waals surface area contributed by atoms with E-state index in [0.29, 0.717) is 14.9 Å². The van der Waals surface area contributed by atoms with Crippen LogP contribution in [0, 0.1) is 5.82 Å². The third kappa shape index (κ3) is 2.72. The summed E-state index contributed by atoms with van der Waals surface area (Å²) in [6, 6.07) is 11.5. The van der Waals surface area contributed by atoms with E-state index < -0.39 is 5.82 Å². The molecule has 1 amide bonds. The van der Waals surface area contributed by atoms with Gasteiger partial charge in [-0.3, -0.25) is 14.7 Å². The summed E-state index contributed by atoms with van der Waals surface area (Å²) in [5, 5.41) is 0. The number of aromatic nitrogens is 1. The number of carbonyl (C=O) groups excluding carboxylic acids is 1. The number of hydrogen-bond acceptors (Lipinski definition) is 4. The Bertz CT molecular complexity index is 746. The quantitative estimate of drug-likeness (QED) is 0.626. The fraction of sp³-hybridized carbons (Fsp3) is 0. The summed E-state index contributed by atoms with van der Waals surface area (Å²) in [6.07, 6.45) is 3.30. The van der Waals surface area contributed by atoms with Crippen LogP contribution in [0.3, 0.4) is 0 Å². The molecule has 1 fully saturated rings. The number of thiocarbonyl (C=S) groups is 1. The lowest BCUT2D eigenvalue weighted by atomic mass is 10.2. The number of halogens is 1. The average molecular weight is 316 g/mol. The number of anilines is 1. The summed E-state index contributed by atoms with van der Waals surface area (Å²) in [6.45, 7) is 0. The van der Waals surface area contributed by atoms with Gasteiger partial charge in [-0.1, -0.05) is 42.2 Å². The number of amides is 1. The zero-order chi connectivity index (χ0) is 14.8. The second kappa shape index (κ2) is 5.75. The summed E-state index contributed by atoms with van der Waals surface area (Å²) in [5.74, 6) is -0.811. The molecule has 1 aromatic carbocycles. The van der Waals surface area contributed by atoms with Crippen molar-refractivity contribution < 1.29 is 9.18 Å². The van der Waals surface area contributed by atoms with Gasteiger partial charge in [0.1, 0.15) is 5.82 Å². The molecule has 1 aromatic heterocycles. The van der Waals surface area contributed by atoms with E-state index in [2.05, 4.69) is 4.98 Å². The number of carbonyl (C=O) groups is 1. The normalized spacial score (nSPS) is 16.8. The van der Waals surface area contributed by atoms with Gasteiger partial charge in [0.2, 0.25) is 0 Å². The standard InChI is InChI=1S/C15H9FN2OS2/c16-11-6-1-2-7-12(11)18-14(19)13(21-15(18)20)9-10-5-3-4-8-17-10/h1-9H/b13-9+. The van der Waals surface area contributed by atoms with Gasteiger partial charge in [0.05, 0.1) is 16.3 Å². The molecular weight excluding hydrogens is 307 g/mol. The summed E-state index contributed by atoms with van der Waals surface area (Å²) in [7, 11) is 0. The van der Waals surface area contributed by atoms with Gasteiger partial charge in [-0.05, 0) is 30.3 Å². The Morgan fingerprint density at radius 3 is 2.67 bits per heavy atom. The molecule has 1 aliphatic heterocycles. The molecule has 2 aromatic rings. The molecule has 3 nitrogen and oxygen atoms in total. The Balaban J connectivity index is 1.97. The van der Waals surface area contributed by atoms with Gasteiger partial charge in [-0.15, -0.1) is 0 Å². The first-order valence-corrected chi connectivity index (χ1v) is 7.33. The van der Waals surface area contributed by atoms with Crippen LogP contribution in [0.4, 0.5) is 10.1 Å². The van der Waals surface area contributed by atoms with E-state index >= 15 is 0 Å². The van der Waals surface area contributed by atoms with Gasteiger partial charge in [0.15, 0.2) is 4.32 Å². The number of rotatable bonds is 2. The summed E-state index contributed by atoms with van der Waals surface area (Å²) in [4.78, 5) is 18.2. The van der Waals surface area contributed by atoms with Crippen LogP contribution >= 0.6 is 24.0 Å². The maximum atomic E-state index is 13.8. The smallest absolute Gasteiger partial charge is 0.268 e. The van der Waals surface area contributed by atoms with Crippen molar-refractivity contribution in [1.29, 1.82) is 0 Å². The molecule has 0 radical (unpaired) electrons. The maximum absolute atomic E-state index is 13.8. The number of thioether (sulfide) groups is 1. The van der Waals surface area contributed by atoms with Gasteiger partial charge >= 0.3 is 0 Å². The van der Waals surface area contributed by atoms with Crippen molar-refractivity contribution in [2.45, 2.75) is 0 Å². The fourth-order valence-electron chi connectivity index (χ4n) is 1.90. The molecule has 1 saturated heterocycles. The Morgan fingerprint density at radius 1 is 1.19 bits per heavy atom. The van der Waals surface area contributed by atoms with Crippen LogP contribution in [0.2, 0.25) is 0 Å². The van der Waals surface area contributed by atoms with Crippen molar-refractivity contribution in [3.8, 4) is 0 Å². The third-order valence-electron chi connectivity index (χ3n) is 2.85. The van der Waals surface area contributed by atoms with Crippen LogP contribution in [0.15, 0.2) is 53.6 Å². The molecule has 0 atom stereocenters. The average Bonchev–Trinajstić information content (AvgIpc) is 2.76. The van der Waals surface area contributed by atoms with E-state index in [1.54, 1.807) is 36.5 Å². The number of para-hydroxylation sites is 1. The first kappa shape index (κ1) is 13.9. The molecule has 0 spiro atoms. The molecule has 0 unspecified atom stereocenters. The highest BCUT2D eigenvalue weighted by Crippen LogP contribution is 2.36. The molecule has 0 N–H and O–H groups in total. The highest BCUT2D eigenvalue weighted by atomic mass is 32.2. The van der Waals surface area contributed by atoms with Gasteiger partial charge in [0.25, 0.3) is 5.91 Å². The molecular formula is C15H9FN2OS2. The Kier molecular flexibility index (Phi) is 3.81. The summed E-state index contributed by atoms with van der Waals surface area (Å²) >= 11 is 6.34. The Labute approximate surface area is 130 Å². The second-order valence-electron chi connectivity index (χ2n) is 4.22. The first-order valence-electron chi connectivity index (χ1n) is 6.10. The van der Waals surface area contributed by atoms with E-state index in [0.717, 1.165) is 11.8 Å². The number of hydrogen-bond donors (Lipinski definition) is 0. The molecule has 0 saturated carbocycles. The van der Waals surface area contributed by atoms with E-state index in [4.69, 9.17) is 12.2 Å². The van der Waals surface area contributed by atoms with Gasteiger partial charge in [0, 0.05) is 6.20 Å². The minimum atomic E-state index is -0.479. The summed E-state index contributed by atoms with van der Waals surface area (Å²) < 4.78 is 14.2.